The Labute approximate surface area is 158 Å². The van der Waals surface area contributed by atoms with E-state index in [9.17, 15) is 9.59 Å². The van der Waals surface area contributed by atoms with E-state index in [1.165, 1.54) is 16.9 Å². The second kappa shape index (κ2) is 7.58. The van der Waals surface area contributed by atoms with Crippen molar-refractivity contribution < 1.29 is 9.59 Å². The minimum absolute atomic E-state index is 0.00614. The van der Waals surface area contributed by atoms with Crippen molar-refractivity contribution in [1.82, 2.24) is 4.98 Å². The number of fused-ring (bicyclic) bond motifs is 1. The van der Waals surface area contributed by atoms with Crippen LogP contribution in [0.4, 0.5) is 10.8 Å². The molecule has 2 amide bonds. The standard InChI is InChI=1S/C20H25N3O2S/c1-5-18(24)22(4)20-21-16(12-26-20)14-8-9-17-15(11-14)7-6-10-23(17)19(25)13(2)3/h8-9,11-13H,5-7,10H2,1-4H3. The third-order valence-corrected chi connectivity index (χ3v) is 5.63. The van der Waals surface area contributed by atoms with Crippen molar-refractivity contribution in [1.29, 1.82) is 0 Å². The molecule has 0 bridgehead atoms. The third kappa shape index (κ3) is 3.51. The Balaban J connectivity index is 1.89. The summed E-state index contributed by atoms with van der Waals surface area (Å²) < 4.78 is 0. The van der Waals surface area contributed by atoms with Gasteiger partial charge in [-0.2, -0.15) is 0 Å². The van der Waals surface area contributed by atoms with Gasteiger partial charge in [-0.05, 0) is 30.5 Å². The highest BCUT2D eigenvalue weighted by atomic mass is 32.1. The minimum Gasteiger partial charge on any atom is -0.312 e. The van der Waals surface area contributed by atoms with Gasteiger partial charge in [0.05, 0.1) is 5.69 Å². The number of thiazole rings is 1. The van der Waals surface area contributed by atoms with E-state index in [1.807, 2.05) is 43.2 Å². The van der Waals surface area contributed by atoms with Gasteiger partial charge in [0.25, 0.3) is 0 Å². The first-order valence-corrected chi connectivity index (χ1v) is 9.97. The van der Waals surface area contributed by atoms with Crippen LogP contribution in [0.15, 0.2) is 23.6 Å². The van der Waals surface area contributed by atoms with Crippen LogP contribution in [-0.2, 0) is 16.0 Å². The lowest BCUT2D eigenvalue weighted by atomic mass is 9.97. The van der Waals surface area contributed by atoms with Gasteiger partial charge in [0.1, 0.15) is 0 Å². The molecule has 2 aromatic rings. The summed E-state index contributed by atoms with van der Waals surface area (Å²) >= 11 is 1.47. The Kier molecular flexibility index (Phi) is 5.41. The zero-order valence-electron chi connectivity index (χ0n) is 15.8. The molecule has 0 unspecified atom stereocenters. The second-order valence-electron chi connectivity index (χ2n) is 6.91. The number of aryl methyl sites for hydroxylation is 1. The molecule has 0 atom stereocenters. The summed E-state index contributed by atoms with van der Waals surface area (Å²) in [4.78, 5) is 32.5. The molecule has 0 saturated heterocycles. The van der Waals surface area contributed by atoms with Gasteiger partial charge >= 0.3 is 0 Å². The van der Waals surface area contributed by atoms with Crippen LogP contribution in [0, 0.1) is 5.92 Å². The topological polar surface area (TPSA) is 53.5 Å². The van der Waals surface area contributed by atoms with Crippen molar-refractivity contribution in [3.63, 3.8) is 0 Å². The molecule has 0 fully saturated rings. The van der Waals surface area contributed by atoms with Crippen LogP contribution in [0.1, 0.15) is 39.2 Å². The molecule has 5 nitrogen and oxygen atoms in total. The number of aromatic nitrogens is 1. The van der Waals surface area contributed by atoms with Crippen molar-refractivity contribution >= 4 is 34.0 Å². The number of anilines is 2. The van der Waals surface area contributed by atoms with E-state index in [2.05, 4.69) is 11.1 Å². The fourth-order valence-electron chi connectivity index (χ4n) is 3.19. The number of hydrogen-bond donors (Lipinski definition) is 0. The maximum Gasteiger partial charge on any atom is 0.229 e. The van der Waals surface area contributed by atoms with Gasteiger partial charge in [0.15, 0.2) is 5.13 Å². The van der Waals surface area contributed by atoms with Crippen LogP contribution < -0.4 is 9.80 Å². The fraction of sp³-hybridized carbons (Fsp3) is 0.450. The monoisotopic (exact) mass is 371 g/mol. The smallest absolute Gasteiger partial charge is 0.229 e. The molecule has 0 saturated carbocycles. The number of carbonyl (C=O) groups excluding carboxylic acids is 2. The van der Waals surface area contributed by atoms with Gasteiger partial charge in [-0.25, -0.2) is 4.98 Å². The highest BCUT2D eigenvalue weighted by molar-refractivity contribution is 7.14. The molecule has 0 N–H and O–H groups in total. The molecule has 0 aliphatic carbocycles. The van der Waals surface area contributed by atoms with Crippen LogP contribution >= 0.6 is 11.3 Å². The van der Waals surface area contributed by atoms with Crippen molar-refractivity contribution in [2.75, 3.05) is 23.4 Å². The van der Waals surface area contributed by atoms with Gasteiger partial charge in [0.2, 0.25) is 11.8 Å². The SMILES string of the molecule is CCC(=O)N(C)c1nc(-c2ccc3c(c2)CCCN3C(=O)C(C)C)cs1. The quantitative estimate of drug-likeness (QED) is 0.812. The Morgan fingerprint density at radius 2 is 2.12 bits per heavy atom. The number of amides is 2. The van der Waals surface area contributed by atoms with E-state index in [0.29, 0.717) is 11.6 Å². The lowest BCUT2D eigenvalue weighted by Gasteiger charge is -2.31. The van der Waals surface area contributed by atoms with E-state index in [4.69, 9.17) is 0 Å². The summed E-state index contributed by atoms with van der Waals surface area (Å²) in [6.07, 6.45) is 2.41. The lowest BCUT2D eigenvalue weighted by Crippen LogP contribution is -2.38. The molecule has 1 aliphatic rings. The zero-order valence-corrected chi connectivity index (χ0v) is 16.6. The van der Waals surface area contributed by atoms with E-state index < -0.39 is 0 Å². The average Bonchev–Trinajstić information content (AvgIpc) is 3.15. The van der Waals surface area contributed by atoms with Gasteiger partial charge in [-0.3, -0.25) is 14.5 Å². The fourth-order valence-corrected chi connectivity index (χ4v) is 4.01. The zero-order chi connectivity index (χ0) is 18.8. The first-order chi connectivity index (χ1) is 12.4. The van der Waals surface area contributed by atoms with Crippen molar-refractivity contribution in [3.8, 4) is 11.3 Å². The summed E-state index contributed by atoms with van der Waals surface area (Å²) in [5.41, 5.74) is 4.11. The molecule has 3 rings (SSSR count). The predicted molar refractivity (Wildman–Crippen MR) is 107 cm³/mol. The molecule has 0 radical (unpaired) electrons. The first-order valence-electron chi connectivity index (χ1n) is 9.09. The first kappa shape index (κ1) is 18.6. The average molecular weight is 372 g/mol. The molecule has 26 heavy (non-hydrogen) atoms. The van der Waals surface area contributed by atoms with E-state index in [1.54, 1.807) is 11.9 Å². The second-order valence-corrected chi connectivity index (χ2v) is 7.75. The van der Waals surface area contributed by atoms with Crippen molar-refractivity contribution in [2.45, 2.75) is 40.0 Å². The van der Waals surface area contributed by atoms with Gasteiger partial charge < -0.3 is 4.90 Å². The van der Waals surface area contributed by atoms with E-state index in [-0.39, 0.29) is 17.7 Å². The highest BCUT2D eigenvalue weighted by Gasteiger charge is 2.25. The summed E-state index contributed by atoms with van der Waals surface area (Å²) in [5.74, 6) is 0.224. The number of rotatable bonds is 4. The van der Waals surface area contributed by atoms with Crippen LogP contribution in [-0.4, -0.2) is 30.4 Å². The van der Waals surface area contributed by atoms with Gasteiger partial charge in [0, 0.05) is 42.6 Å². The summed E-state index contributed by atoms with van der Waals surface area (Å²) in [7, 11) is 1.76. The molecule has 1 aromatic carbocycles. The van der Waals surface area contributed by atoms with Crippen LogP contribution in [0.25, 0.3) is 11.3 Å². The largest absolute Gasteiger partial charge is 0.312 e. The summed E-state index contributed by atoms with van der Waals surface area (Å²) in [5, 5.41) is 2.69. The minimum atomic E-state index is -0.00614. The Bertz CT molecular complexity index is 828. The summed E-state index contributed by atoms with van der Waals surface area (Å²) in [6.45, 7) is 6.51. The number of carbonyl (C=O) groups is 2. The molecule has 0 spiro atoms. The predicted octanol–water partition coefficient (Wildman–Crippen LogP) is 4.12. The highest BCUT2D eigenvalue weighted by Crippen LogP contribution is 2.34. The van der Waals surface area contributed by atoms with Gasteiger partial charge in [-0.15, -0.1) is 11.3 Å². The van der Waals surface area contributed by atoms with Crippen molar-refractivity contribution in [2.24, 2.45) is 5.92 Å². The van der Waals surface area contributed by atoms with E-state index in [0.717, 1.165) is 36.3 Å². The molecule has 1 aromatic heterocycles. The molecule has 6 heteroatoms. The Morgan fingerprint density at radius 1 is 1.35 bits per heavy atom. The molecule has 138 valence electrons. The normalized spacial score (nSPS) is 13.7. The van der Waals surface area contributed by atoms with E-state index >= 15 is 0 Å². The number of nitrogens with zero attached hydrogens (tertiary/aromatic N) is 3. The summed E-state index contributed by atoms with van der Waals surface area (Å²) in [6, 6.07) is 6.19. The number of hydrogen-bond acceptors (Lipinski definition) is 4. The molecule has 1 aliphatic heterocycles. The molecular weight excluding hydrogens is 346 g/mol. The Hall–Kier alpha value is -2.21. The Morgan fingerprint density at radius 3 is 2.81 bits per heavy atom. The molecule has 2 heterocycles. The molecular formula is C20H25N3O2S. The number of benzene rings is 1. The van der Waals surface area contributed by atoms with Crippen molar-refractivity contribution in [3.05, 3.63) is 29.1 Å². The lowest BCUT2D eigenvalue weighted by molar-refractivity contribution is -0.121. The van der Waals surface area contributed by atoms with Crippen LogP contribution in [0.2, 0.25) is 0 Å². The maximum atomic E-state index is 12.5. The maximum absolute atomic E-state index is 12.5. The van der Waals surface area contributed by atoms with Gasteiger partial charge in [-0.1, -0.05) is 26.8 Å². The van der Waals surface area contributed by atoms with Crippen LogP contribution in [0.3, 0.4) is 0 Å². The third-order valence-electron chi connectivity index (χ3n) is 4.71. The van der Waals surface area contributed by atoms with Crippen LogP contribution in [0.5, 0.6) is 0 Å².